The third-order valence-corrected chi connectivity index (χ3v) is 1.35. The molecule has 0 amide bonds. The van der Waals surface area contributed by atoms with Crippen LogP contribution in [0.25, 0.3) is 0 Å². The molecule has 1 aliphatic rings. The Kier molecular flexibility index (Phi) is 2.83. The summed E-state index contributed by atoms with van der Waals surface area (Å²) in [6.45, 7) is 2.19. The van der Waals surface area contributed by atoms with Crippen LogP contribution in [0.4, 0.5) is 0 Å². The summed E-state index contributed by atoms with van der Waals surface area (Å²) in [5.41, 5.74) is 0.443. The van der Waals surface area contributed by atoms with Gasteiger partial charge in [-0.15, -0.1) is 0 Å². The van der Waals surface area contributed by atoms with Crippen LogP contribution in [0, 0.1) is 0 Å². The molecule has 0 aliphatic carbocycles. The number of hydrogen-bond acceptors (Lipinski definition) is 3. The topological polar surface area (TPSA) is 38.7 Å². The summed E-state index contributed by atoms with van der Waals surface area (Å²) in [5, 5.41) is 0. The molecule has 0 saturated carbocycles. The first-order chi connectivity index (χ1) is 5.34. The predicted octanol–water partition coefficient (Wildman–Crippen LogP) is 1.30. The van der Waals surface area contributed by atoms with Gasteiger partial charge in [-0.2, -0.15) is 0 Å². The Bertz CT molecular complexity index is 206. The molecule has 0 bridgehead atoms. The van der Waals surface area contributed by atoms with Crippen molar-refractivity contribution in [3.63, 3.8) is 0 Å². The maximum absolute atomic E-state index is 11.0. The van der Waals surface area contributed by atoms with Gasteiger partial charge in [0.05, 0.1) is 6.61 Å². The maximum atomic E-state index is 11.0. The number of aliphatic imine (C=N–C) groups is 1. The second-order valence-corrected chi connectivity index (χ2v) is 2.20. The van der Waals surface area contributed by atoms with Gasteiger partial charge in [-0.3, -0.25) is 4.99 Å². The lowest BCUT2D eigenvalue weighted by atomic mass is 10.2. The minimum absolute atomic E-state index is 0.316. The third kappa shape index (κ3) is 2.18. The highest BCUT2D eigenvalue weighted by molar-refractivity contribution is 5.90. The lowest BCUT2D eigenvalue weighted by molar-refractivity contribution is -0.138. The summed E-state index contributed by atoms with van der Waals surface area (Å²) in [4.78, 5) is 14.9. The molecule has 0 N–H and O–H groups in total. The number of rotatable bonds is 2. The first-order valence-electron chi connectivity index (χ1n) is 3.74. The molecular weight excluding hydrogens is 142 g/mol. The Balaban J connectivity index is 2.52. The summed E-state index contributed by atoms with van der Waals surface area (Å²) in [6, 6.07) is 0. The van der Waals surface area contributed by atoms with E-state index < -0.39 is 0 Å². The van der Waals surface area contributed by atoms with E-state index in [1.165, 1.54) is 0 Å². The van der Waals surface area contributed by atoms with Crippen molar-refractivity contribution < 1.29 is 9.53 Å². The van der Waals surface area contributed by atoms with Gasteiger partial charge in [-0.1, -0.05) is 6.08 Å². The van der Waals surface area contributed by atoms with Crippen LogP contribution in [-0.4, -0.2) is 18.8 Å². The monoisotopic (exact) mass is 153 g/mol. The van der Waals surface area contributed by atoms with E-state index in [9.17, 15) is 4.79 Å². The van der Waals surface area contributed by atoms with Crippen LogP contribution in [-0.2, 0) is 9.53 Å². The number of esters is 1. The second kappa shape index (κ2) is 3.91. The molecule has 0 aromatic heterocycles. The maximum Gasteiger partial charge on any atom is 0.356 e. The predicted molar refractivity (Wildman–Crippen MR) is 42.4 cm³/mol. The molecule has 11 heavy (non-hydrogen) atoms. The van der Waals surface area contributed by atoms with Gasteiger partial charge in [0.25, 0.3) is 0 Å². The number of carbonyl (C=O) groups is 1. The summed E-state index contributed by atoms with van der Waals surface area (Å²) in [6.07, 6.45) is 5.35. The van der Waals surface area contributed by atoms with E-state index in [1.807, 2.05) is 0 Å². The van der Waals surface area contributed by atoms with Gasteiger partial charge in [0, 0.05) is 6.21 Å². The van der Waals surface area contributed by atoms with E-state index >= 15 is 0 Å². The number of ether oxygens (including phenoxy) is 1. The van der Waals surface area contributed by atoms with Gasteiger partial charge in [0.2, 0.25) is 0 Å². The normalized spacial score (nSPS) is 15.9. The van der Waals surface area contributed by atoms with Crippen LogP contribution in [0.2, 0.25) is 0 Å². The van der Waals surface area contributed by atoms with Gasteiger partial charge < -0.3 is 4.74 Å². The van der Waals surface area contributed by atoms with Crippen molar-refractivity contribution in [2.24, 2.45) is 4.99 Å². The Morgan fingerprint density at radius 2 is 2.55 bits per heavy atom. The minimum atomic E-state index is -0.316. The molecule has 0 unspecified atom stereocenters. The number of carbonyl (C=O) groups excluding carboxylic acids is 1. The molecule has 0 aromatic carbocycles. The zero-order chi connectivity index (χ0) is 8.10. The Labute approximate surface area is 65.8 Å². The average Bonchev–Trinajstić information content (AvgIpc) is 2.07. The van der Waals surface area contributed by atoms with Gasteiger partial charge in [-0.25, -0.2) is 4.79 Å². The van der Waals surface area contributed by atoms with Crippen molar-refractivity contribution in [1.29, 1.82) is 0 Å². The van der Waals surface area contributed by atoms with E-state index in [1.54, 1.807) is 19.2 Å². The summed E-state index contributed by atoms with van der Waals surface area (Å²) in [5.74, 6) is -0.316. The molecule has 3 heteroatoms. The van der Waals surface area contributed by atoms with Crippen molar-refractivity contribution >= 4 is 12.2 Å². The van der Waals surface area contributed by atoms with Crippen LogP contribution in [0.5, 0.6) is 0 Å². The average molecular weight is 153 g/mol. The van der Waals surface area contributed by atoms with Crippen LogP contribution in [0.1, 0.15) is 19.8 Å². The highest BCUT2D eigenvalue weighted by Gasteiger charge is 2.09. The summed E-state index contributed by atoms with van der Waals surface area (Å²) < 4.78 is 4.76. The molecule has 0 radical (unpaired) electrons. The molecule has 0 spiro atoms. The fourth-order valence-corrected chi connectivity index (χ4v) is 0.851. The first kappa shape index (κ1) is 7.98. The van der Waals surface area contributed by atoms with Gasteiger partial charge >= 0.3 is 5.97 Å². The van der Waals surface area contributed by atoms with Crippen molar-refractivity contribution in [3.05, 3.63) is 11.8 Å². The molecule has 0 saturated heterocycles. The number of allylic oxidation sites excluding steroid dienone is 1. The van der Waals surface area contributed by atoms with Gasteiger partial charge in [0.1, 0.15) is 5.70 Å². The Morgan fingerprint density at radius 3 is 3.09 bits per heavy atom. The van der Waals surface area contributed by atoms with Crippen LogP contribution in [0.15, 0.2) is 16.8 Å². The largest absolute Gasteiger partial charge is 0.461 e. The van der Waals surface area contributed by atoms with Gasteiger partial charge in [0.15, 0.2) is 0 Å². The third-order valence-electron chi connectivity index (χ3n) is 1.35. The first-order valence-corrected chi connectivity index (χ1v) is 3.74. The smallest absolute Gasteiger partial charge is 0.356 e. The lowest BCUT2D eigenvalue weighted by Crippen LogP contribution is -2.07. The molecule has 1 heterocycles. The van der Waals surface area contributed by atoms with Crippen LogP contribution < -0.4 is 0 Å². The quantitative estimate of drug-likeness (QED) is 0.561. The molecule has 1 aliphatic heterocycles. The zero-order valence-corrected chi connectivity index (χ0v) is 6.54. The Morgan fingerprint density at radius 1 is 1.73 bits per heavy atom. The molecule has 60 valence electrons. The van der Waals surface area contributed by atoms with Crippen molar-refractivity contribution in [2.75, 3.05) is 6.61 Å². The SMILES string of the molecule is CCOC(=O)C1=CCCC=N1. The highest BCUT2D eigenvalue weighted by atomic mass is 16.5. The fourth-order valence-electron chi connectivity index (χ4n) is 0.851. The molecule has 0 fully saturated rings. The van der Waals surface area contributed by atoms with E-state index in [-0.39, 0.29) is 5.97 Å². The highest BCUT2D eigenvalue weighted by Crippen LogP contribution is 2.07. The van der Waals surface area contributed by atoms with Crippen LogP contribution in [0.3, 0.4) is 0 Å². The summed E-state index contributed by atoms with van der Waals surface area (Å²) in [7, 11) is 0. The second-order valence-electron chi connectivity index (χ2n) is 2.20. The molecular formula is C8H11NO2. The summed E-state index contributed by atoms with van der Waals surface area (Å²) >= 11 is 0. The number of hydrogen-bond donors (Lipinski definition) is 0. The molecule has 0 atom stereocenters. The fraction of sp³-hybridized carbons (Fsp3) is 0.500. The molecule has 0 aromatic rings. The van der Waals surface area contributed by atoms with E-state index in [0.29, 0.717) is 12.3 Å². The Hall–Kier alpha value is -1.12. The van der Waals surface area contributed by atoms with Crippen molar-refractivity contribution in [1.82, 2.24) is 0 Å². The number of nitrogens with zero attached hydrogens (tertiary/aromatic N) is 1. The van der Waals surface area contributed by atoms with Gasteiger partial charge in [-0.05, 0) is 19.8 Å². The van der Waals surface area contributed by atoms with Crippen molar-refractivity contribution in [2.45, 2.75) is 19.8 Å². The van der Waals surface area contributed by atoms with Crippen LogP contribution >= 0.6 is 0 Å². The van der Waals surface area contributed by atoms with Crippen molar-refractivity contribution in [3.8, 4) is 0 Å². The van der Waals surface area contributed by atoms with E-state index in [4.69, 9.17) is 4.74 Å². The minimum Gasteiger partial charge on any atom is -0.461 e. The zero-order valence-electron chi connectivity index (χ0n) is 6.54. The standard InChI is InChI=1S/C8H11NO2/c1-2-11-8(10)7-5-3-4-6-9-7/h5-6H,2-4H2,1H3. The molecule has 3 nitrogen and oxygen atoms in total. The van der Waals surface area contributed by atoms with E-state index in [2.05, 4.69) is 4.99 Å². The molecule has 1 rings (SSSR count). The van der Waals surface area contributed by atoms with E-state index in [0.717, 1.165) is 12.8 Å². The lowest BCUT2D eigenvalue weighted by Gasteiger charge is -2.04.